The summed E-state index contributed by atoms with van der Waals surface area (Å²) in [6.45, 7) is 2.44. The number of nitrogens with one attached hydrogen (secondary N) is 4. The predicted octanol–water partition coefficient (Wildman–Crippen LogP) is 6.03. The van der Waals surface area contributed by atoms with Crippen LogP contribution < -0.4 is 16.0 Å². The summed E-state index contributed by atoms with van der Waals surface area (Å²) in [6, 6.07) is 9.18. The average molecular weight is 505 g/mol. The van der Waals surface area contributed by atoms with Crippen molar-refractivity contribution >= 4 is 34.1 Å². The average Bonchev–Trinajstić information content (AvgIpc) is 3.24. The molecule has 0 saturated heterocycles. The number of halogens is 3. The minimum atomic E-state index is -3.05. The number of carbonyl (C=O) groups excluding carboxylic acids is 1. The summed E-state index contributed by atoms with van der Waals surface area (Å²) in [7, 11) is 0. The van der Waals surface area contributed by atoms with E-state index >= 15 is 0 Å². The van der Waals surface area contributed by atoms with Gasteiger partial charge >= 0.3 is 0 Å². The van der Waals surface area contributed by atoms with Crippen molar-refractivity contribution in [1.82, 2.24) is 20.3 Å². The Morgan fingerprint density at radius 3 is 2.86 bits per heavy atom. The largest absolute Gasteiger partial charge is 0.364 e. The maximum Gasteiger partial charge on any atom is 0.268 e. The first kappa shape index (κ1) is 23.1. The van der Waals surface area contributed by atoms with Gasteiger partial charge in [-0.25, -0.2) is 18.2 Å². The second-order valence-corrected chi connectivity index (χ2v) is 9.22. The fourth-order valence-corrected chi connectivity index (χ4v) is 5.03. The number of hydrogen-bond acceptors (Lipinski definition) is 5. The van der Waals surface area contributed by atoms with E-state index in [1.54, 1.807) is 12.3 Å². The van der Waals surface area contributed by atoms with Crippen molar-refractivity contribution in [2.24, 2.45) is 0 Å². The smallest absolute Gasteiger partial charge is 0.268 e. The monoisotopic (exact) mass is 504 g/mol. The van der Waals surface area contributed by atoms with E-state index in [0.717, 1.165) is 6.07 Å². The Balaban J connectivity index is 1.64. The van der Waals surface area contributed by atoms with E-state index in [0.29, 0.717) is 52.3 Å². The molecule has 7 nitrogen and oxygen atoms in total. The molecule has 0 saturated carbocycles. The van der Waals surface area contributed by atoms with Crippen molar-refractivity contribution in [3.63, 3.8) is 0 Å². The molecule has 3 aromatic heterocycles. The maximum absolute atomic E-state index is 14.4. The van der Waals surface area contributed by atoms with Crippen molar-refractivity contribution in [3.05, 3.63) is 77.4 Å². The van der Waals surface area contributed by atoms with E-state index in [4.69, 9.17) is 4.98 Å². The van der Waals surface area contributed by atoms with Crippen LogP contribution in [0, 0.1) is 5.82 Å². The SMILES string of the molecule is CC1/C=C\CC2CNC(=O)c3c2[nH]c(c3Nc2cccc(F)c2C(F)F)-c2ccnc3ccc(nc23)N1. The minimum Gasteiger partial charge on any atom is -0.364 e. The summed E-state index contributed by atoms with van der Waals surface area (Å²) in [5, 5.41) is 9.26. The minimum absolute atomic E-state index is 0.0137. The van der Waals surface area contributed by atoms with Gasteiger partial charge in [0.15, 0.2) is 0 Å². The van der Waals surface area contributed by atoms with E-state index in [1.165, 1.54) is 12.1 Å². The number of fused-ring (bicyclic) bond motifs is 3. The van der Waals surface area contributed by atoms with E-state index in [1.807, 2.05) is 31.2 Å². The van der Waals surface area contributed by atoms with Gasteiger partial charge < -0.3 is 20.9 Å². The molecule has 1 aromatic carbocycles. The lowest BCUT2D eigenvalue weighted by molar-refractivity contribution is 0.0941. The van der Waals surface area contributed by atoms with Gasteiger partial charge in [0.1, 0.15) is 17.2 Å². The number of pyridine rings is 2. The van der Waals surface area contributed by atoms with Gasteiger partial charge in [-0.3, -0.25) is 9.78 Å². The van der Waals surface area contributed by atoms with Crippen molar-refractivity contribution in [2.75, 3.05) is 17.2 Å². The van der Waals surface area contributed by atoms with Crippen LogP contribution in [0.15, 0.2) is 54.7 Å². The van der Waals surface area contributed by atoms with Crippen molar-refractivity contribution in [1.29, 1.82) is 0 Å². The van der Waals surface area contributed by atoms with E-state index in [9.17, 15) is 18.0 Å². The zero-order valence-corrected chi connectivity index (χ0v) is 19.8. The second-order valence-electron chi connectivity index (χ2n) is 9.22. The number of aromatic nitrogens is 3. The predicted molar refractivity (Wildman–Crippen MR) is 136 cm³/mol. The Bertz CT molecular complexity index is 1560. The Morgan fingerprint density at radius 2 is 2.03 bits per heavy atom. The van der Waals surface area contributed by atoms with Crippen LogP contribution in [-0.4, -0.2) is 33.4 Å². The fourth-order valence-electron chi connectivity index (χ4n) is 5.03. The molecule has 1 amide bonds. The molecule has 2 atom stereocenters. The van der Waals surface area contributed by atoms with Gasteiger partial charge in [0, 0.05) is 36.0 Å². The number of rotatable bonds is 3. The van der Waals surface area contributed by atoms with E-state index in [-0.39, 0.29) is 29.2 Å². The number of hydrogen-bond donors (Lipinski definition) is 4. The summed E-state index contributed by atoms with van der Waals surface area (Å²) < 4.78 is 42.1. The zero-order valence-electron chi connectivity index (χ0n) is 19.8. The third-order valence-corrected chi connectivity index (χ3v) is 6.78. The van der Waals surface area contributed by atoms with Gasteiger partial charge in [-0.2, -0.15) is 0 Å². The molecule has 2 unspecified atom stereocenters. The first-order chi connectivity index (χ1) is 17.9. The van der Waals surface area contributed by atoms with Crippen LogP contribution in [0.4, 0.5) is 30.4 Å². The molecule has 6 rings (SSSR count). The molecule has 4 N–H and O–H groups in total. The molecule has 0 spiro atoms. The van der Waals surface area contributed by atoms with Crippen LogP contribution >= 0.6 is 0 Å². The van der Waals surface area contributed by atoms with Crippen molar-refractivity contribution < 1.29 is 18.0 Å². The van der Waals surface area contributed by atoms with Crippen molar-refractivity contribution in [3.8, 4) is 11.3 Å². The van der Waals surface area contributed by atoms with E-state index < -0.39 is 17.8 Å². The summed E-state index contributed by atoms with van der Waals surface area (Å²) in [4.78, 5) is 25.8. The third kappa shape index (κ3) is 3.98. The molecule has 2 aliphatic rings. The van der Waals surface area contributed by atoms with E-state index in [2.05, 4.69) is 25.9 Å². The molecule has 2 aliphatic heterocycles. The highest BCUT2D eigenvalue weighted by Gasteiger charge is 2.33. The number of carbonyl (C=O) groups is 1. The molecular formula is C27H23F3N6O. The third-order valence-electron chi connectivity index (χ3n) is 6.78. The van der Waals surface area contributed by atoms with Gasteiger partial charge in [-0.05, 0) is 43.7 Å². The second kappa shape index (κ2) is 8.95. The highest BCUT2D eigenvalue weighted by Crippen LogP contribution is 2.43. The van der Waals surface area contributed by atoms with Gasteiger partial charge in [0.2, 0.25) is 0 Å². The number of amides is 1. The zero-order chi connectivity index (χ0) is 25.7. The van der Waals surface area contributed by atoms with Gasteiger partial charge in [0.25, 0.3) is 12.3 Å². The molecule has 0 aliphatic carbocycles. The summed E-state index contributed by atoms with van der Waals surface area (Å²) >= 11 is 0. The number of H-pyrrole nitrogens is 1. The van der Waals surface area contributed by atoms with Crippen LogP contribution in [0.25, 0.3) is 22.3 Å². The first-order valence-electron chi connectivity index (χ1n) is 12.0. The fraction of sp³-hybridized carbons (Fsp3) is 0.222. The Hall–Kier alpha value is -4.34. The quantitative estimate of drug-likeness (QED) is 0.256. The number of anilines is 3. The molecule has 10 heteroatoms. The van der Waals surface area contributed by atoms with Gasteiger partial charge in [-0.1, -0.05) is 18.2 Å². The molecule has 4 bridgehead atoms. The Morgan fingerprint density at radius 1 is 1.16 bits per heavy atom. The number of alkyl halides is 2. The molecule has 4 aromatic rings. The number of allylic oxidation sites excluding steroid dienone is 1. The van der Waals surface area contributed by atoms with Crippen LogP contribution in [0.1, 0.15) is 47.3 Å². The molecule has 5 heterocycles. The van der Waals surface area contributed by atoms with Crippen LogP contribution in [0.2, 0.25) is 0 Å². The first-order valence-corrected chi connectivity index (χ1v) is 12.0. The Labute approximate surface area is 210 Å². The van der Waals surface area contributed by atoms with Crippen LogP contribution in [0.5, 0.6) is 0 Å². The highest BCUT2D eigenvalue weighted by molar-refractivity contribution is 6.08. The van der Waals surface area contributed by atoms with Gasteiger partial charge in [0.05, 0.1) is 33.7 Å². The van der Waals surface area contributed by atoms with Crippen LogP contribution in [-0.2, 0) is 0 Å². The summed E-state index contributed by atoms with van der Waals surface area (Å²) in [6.07, 6.45) is 3.30. The number of nitrogens with zero attached hydrogens (tertiary/aromatic N) is 2. The lowest BCUT2D eigenvalue weighted by atomic mass is 9.93. The summed E-state index contributed by atoms with van der Waals surface area (Å²) in [5.74, 6) is -0.807. The van der Waals surface area contributed by atoms with Crippen LogP contribution in [0.3, 0.4) is 0 Å². The highest BCUT2D eigenvalue weighted by atomic mass is 19.3. The summed E-state index contributed by atoms with van der Waals surface area (Å²) in [5.41, 5.74) is 2.72. The molecule has 0 fully saturated rings. The molecule has 188 valence electrons. The lowest BCUT2D eigenvalue weighted by Crippen LogP contribution is -2.35. The number of benzene rings is 1. The molecular weight excluding hydrogens is 481 g/mol. The topological polar surface area (TPSA) is 94.7 Å². The lowest BCUT2D eigenvalue weighted by Gasteiger charge is -2.23. The molecule has 0 radical (unpaired) electrons. The normalized spacial score (nSPS) is 19.5. The standard InChI is InChI=1S/C27H23F3N6O/c1-13-4-2-5-14-12-32-27(37)21-22(14)36-24(15-10-11-31-18-8-9-19(33-13)35-23(15)18)25(21)34-17-7-3-6-16(28)20(17)26(29)30/h2-4,6-11,13-14,26,34,36H,5,12H2,1H3,(H,32,37)(H,33,35)/b4-2-. The van der Waals surface area contributed by atoms with Gasteiger partial charge in [-0.15, -0.1) is 0 Å². The molecule has 37 heavy (non-hydrogen) atoms. The number of aromatic amines is 1. The Kier molecular flexibility index (Phi) is 5.58. The maximum atomic E-state index is 14.4. The van der Waals surface area contributed by atoms with Crippen molar-refractivity contribution in [2.45, 2.75) is 31.7 Å².